The van der Waals surface area contributed by atoms with E-state index in [1.807, 2.05) is 0 Å². The first-order chi connectivity index (χ1) is 10.4. The van der Waals surface area contributed by atoms with E-state index in [2.05, 4.69) is 5.10 Å². The fraction of sp³-hybridized carbons (Fsp3) is 0.467. The fourth-order valence-corrected chi connectivity index (χ4v) is 2.34. The minimum absolute atomic E-state index is 0.0873. The van der Waals surface area contributed by atoms with Gasteiger partial charge in [-0.2, -0.15) is 23.3 Å². The third kappa shape index (κ3) is 3.21. The van der Waals surface area contributed by atoms with Crippen molar-refractivity contribution in [1.82, 2.24) is 5.01 Å². The van der Waals surface area contributed by atoms with Gasteiger partial charge in [-0.05, 0) is 24.3 Å². The van der Waals surface area contributed by atoms with E-state index in [4.69, 9.17) is 11.6 Å². The van der Waals surface area contributed by atoms with Gasteiger partial charge in [-0.3, -0.25) is 4.79 Å². The van der Waals surface area contributed by atoms with Crippen LogP contribution in [0.5, 0.6) is 0 Å². The molecule has 0 saturated heterocycles. The van der Waals surface area contributed by atoms with E-state index in [9.17, 15) is 23.1 Å². The van der Waals surface area contributed by atoms with E-state index >= 15 is 0 Å². The van der Waals surface area contributed by atoms with Gasteiger partial charge in [-0.1, -0.05) is 32.4 Å². The molecule has 4 nitrogen and oxygen atoms in total. The van der Waals surface area contributed by atoms with Crippen molar-refractivity contribution >= 4 is 23.2 Å². The number of hydrogen-bond donors (Lipinski definition) is 1. The number of nitrogens with zero attached hydrogens (tertiary/aromatic N) is 2. The van der Waals surface area contributed by atoms with Gasteiger partial charge in [0.2, 0.25) is 0 Å². The normalized spacial score (nSPS) is 22.3. The Hall–Kier alpha value is -1.60. The predicted molar refractivity (Wildman–Crippen MR) is 80.1 cm³/mol. The highest BCUT2D eigenvalue weighted by molar-refractivity contribution is 6.30. The molecule has 1 heterocycles. The molecule has 1 aromatic carbocycles. The number of alkyl halides is 3. The molecule has 0 unspecified atom stereocenters. The summed E-state index contributed by atoms with van der Waals surface area (Å²) in [7, 11) is 0. The van der Waals surface area contributed by atoms with Crippen molar-refractivity contribution in [3.8, 4) is 0 Å². The van der Waals surface area contributed by atoms with Crippen molar-refractivity contribution in [3.05, 3.63) is 34.9 Å². The maximum Gasteiger partial charge on any atom is 0.431 e. The number of carbonyl (C=O) groups excluding carboxylic acids is 1. The van der Waals surface area contributed by atoms with Crippen LogP contribution in [0.4, 0.5) is 13.2 Å². The number of halogens is 4. The van der Waals surface area contributed by atoms with Crippen LogP contribution in [0.2, 0.25) is 5.02 Å². The zero-order valence-electron chi connectivity index (χ0n) is 12.8. The second-order valence-corrected chi connectivity index (χ2v) is 6.85. The number of rotatable bonds is 1. The first-order valence-corrected chi connectivity index (χ1v) is 7.21. The highest BCUT2D eigenvalue weighted by Gasteiger charge is 2.57. The van der Waals surface area contributed by atoms with Crippen LogP contribution < -0.4 is 0 Å². The van der Waals surface area contributed by atoms with Crippen LogP contribution in [0.15, 0.2) is 29.4 Å². The molecule has 1 aromatic rings. The third-order valence-corrected chi connectivity index (χ3v) is 4.05. The van der Waals surface area contributed by atoms with Crippen molar-refractivity contribution in [2.24, 2.45) is 10.5 Å². The Kier molecular flexibility index (Phi) is 4.24. The topological polar surface area (TPSA) is 52.9 Å². The number of carbonyl (C=O) groups is 1. The largest absolute Gasteiger partial charge is 0.431 e. The second kappa shape index (κ2) is 5.49. The molecule has 1 aliphatic heterocycles. The minimum Gasteiger partial charge on any atom is -0.368 e. The first-order valence-electron chi connectivity index (χ1n) is 6.83. The number of hydrogen-bond acceptors (Lipinski definition) is 3. The summed E-state index contributed by atoms with van der Waals surface area (Å²) in [6, 6.07) is 5.62. The van der Waals surface area contributed by atoms with Crippen LogP contribution in [-0.2, 0) is 0 Å². The van der Waals surface area contributed by atoms with Gasteiger partial charge in [-0.15, -0.1) is 0 Å². The van der Waals surface area contributed by atoms with Gasteiger partial charge in [0.1, 0.15) is 5.71 Å². The Balaban J connectivity index is 2.48. The lowest BCUT2D eigenvalue weighted by atomic mass is 9.80. The zero-order valence-corrected chi connectivity index (χ0v) is 13.5. The van der Waals surface area contributed by atoms with Gasteiger partial charge in [0.25, 0.3) is 5.91 Å². The average Bonchev–Trinajstić information content (AvgIpc) is 2.78. The minimum atomic E-state index is -4.71. The van der Waals surface area contributed by atoms with Crippen molar-refractivity contribution in [2.45, 2.75) is 39.1 Å². The van der Waals surface area contributed by atoms with Gasteiger partial charge in [0.15, 0.2) is 5.72 Å². The third-order valence-electron chi connectivity index (χ3n) is 3.80. The lowest BCUT2D eigenvalue weighted by Gasteiger charge is -2.41. The molecule has 1 amide bonds. The summed E-state index contributed by atoms with van der Waals surface area (Å²) >= 11 is 5.74. The van der Waals surface area contributed by atoms with Gasteiger partial charge in [-0.25, -0.2) is 0 Å². The van der Waals surface area contributed by atoms with Crippen molar-refractivity contribution in [2.75, 3.05) is 0 Å². The van der Waals surface area contributed by atoms with E-state index in [1.54, 1.807) is 20.8 Å². The van der Waals surface area contributed by atoms with Crippen LogP contribution in [0.3, 0.4) is 0 Å². The van der Waals surface area contributed by atoms with Gasteiger partial charge < -0.3 is 5.11 Å². The summed E-state index contributed by atoms with van der Waals surface area (Å²) in [5.74, 6) is -0.821. The van der Waals surface area contributed by atoms with E-state index in [1.165, 1.54) is 24.3 Å². The van der Waals surface area contributed by atoms with E-state index in [0.717, 1.165) is 0 Å². The van der Waals surface area contributed by atoms with E-state index < -0.39 is 35.4 Å². The highest BCUT2D eigenvalue weighted by atomic mass is 35.5. The Labute approximate surface area is 136 Å². The van der Waals surface area contributed by atoms with Crippen LogP contribution in [0, 0.1) is 5.41 Å². The van der Waals surface area contributed by atoms with Gasteiger partial charge in [0, 0.05) is 22.4 Å². The fourth-order valence-electron chi connectivity index (χ4n) is 2.22. The predicted octanol–water partition coefficient (Wildman–Crippen LogP) is 3.84. The van der Waals surface area contributed by atoms with Gasteiger partial charge in [0.05, 0.1) is 0 Å². The number of benzene rings is 1. The Bertz CT molecular complexity index is 650. The molecule has 0 fully saturated rings. The molecule has 1 N–H and O–H groups in total. The SMILES string of the molecule is CC(C)(C)[C@@]1(O)CC(C(F)(F)F)=NN1C(=O)c1ccc(Cl)cc1. The van der Waals surface area contributed by atoms with Crippen LogP contribution in [-0.4, -0.2) is 33.6 Å². The van der Waals surface area contributed by atoms with Gasteiger partial charge >= 0.3 is 6.18 Å². The van der Waals surface area contributed by atoms with Crippen LogP contribution >= 0.6 is 11.6 Å². The monoisotopic (exact) mass is 348 g/mol. The molecule has 0 saturated carbocycles. The molecule has 0 aliphatic carbocycles. The molecule has 0 bridgehead atoms. The summed E-state index contributed by atoms with van der Waals surface area (Å²) in [5.41, 5.74) is -4.21. The first kappa shape index (κ1) is 17.7. The molecule has 0 radical (unpaired) electrons. The molecule has 1 aliphatic rings. The van der Waals surface area contributed by atoms with Crippen molar-refractivity contribution in [3.63, 3.8) is 0 Å². The maximum atomic E-state index is 13.0. The van der Waals surface area contributed by atoms with Crippen molar-refractivity contribution < 1.29 is 23.1 Å². The Morgan fingerprint density at radius 1 is 1.26 bits per heavy atom. The quantitative estimate of drug-likeness (QED) is 0.838. The highest BCUT2D eigenvalue weighted by Crippen LogP contribution is 2.44. The number of amides is 1. The molecular formula is C15H16ClF3N2O2. The van der Waals surface area contributed by atoms with E-state index in [-0.39, 0.29) is 5.56 Å². The average molecular weight is 349 g/mol. The van der Waals surface area contributed by atoms with Crippen molar-refractivity contribution in [1.29, 1.82) is 0 Å². The molecule has 0 aromatic heterocycles. The summed E-state index contributed by atoms with van der Waals surface area (Å²) < 4.78 is 39.0. The number of hydrazone groups is 1. The summed E-state index contributed by atoms with van der Waals surface area (Å²) in [5, 5.41) is 15.1. The molecular weight excluding hydrogens is 333 g/mol. The second-order valence-electron chi connectivity index (χ2n) is 6.41. The molecule has 1 atom stereocenters. The molecule has 23 heavy (non-hydrogen) atoms. The molecule has 2 rings (SSSR count). The standard InChI is InChI=1S/C15H16ClF3N2O2/c1-13(2,3)14(23)8-11(15(17,18)19)20-21(14)12(22)9-4-6-10(16)7-5-9/h4-7,23H,8H2,1-3H3/t14-/m0/s1. The van der Waals surface area contributed by atoms with E-state index in [0.29, 0.717) is 10.0 Å². The smallest absolute Gasteiger partial charge is 0.368 e. The molecule has 0 spiro atoms. The lowest BCUT2D eigenvalue weighted by Crippen LogP contribution is -2.55. The Morgan fingerprint density at radius 3 is 2.22 bits per heavy atom. The summed E-state index contributed by atoms with van der Waals surface area (Å²) in [6.07, 6.45) is -5.49. The lowest BCUT2D eigenvalue weighted by molar-refractivity contribution is -0.144. The maximum absolute atomic E-state index is 13.0. The van der Waals surface area contributed by atoms with Crippen LogP contribution in [0.25, 0.3) is 0 Å². The summed E-state index contributed by atoms with van der Waals surface area (Å²) in [6.45, 7) is 4.64. The van der Waals surface area contributed by atoms with Crippen LogP contribution in [0.1, 0.15) is 37.6 Å². The summed E-state index contributed by atoms with van der Waals surface area (Å²) in [4.78, 5) is 12.5. The number of aliphatic hydroxyl groups is 1. The molecule has 8 heteroatoms. The Morgan fingerprint density at radius 2 is 1.78 bits per heavy atom. The zero-order chi connectivity index (χ0) is 17.6. The molecule has 126 valence electrons.